The Morgan fingerprint density at radius 2 is 1.39 bits per heavy atom. The molecule has 1 aliphatic rings. The maximum Gasteiger partial charge on any atom is 0.233 e. The summed E-state index contributed by atoms with van der Waals surface area (Å²) in [4.78, 5) is 23.2. The molecule has 3 aromatic carbocycles. The Bertz CT molecular complexity index is 1650. The third kappa shape index (κ3) is 6.59. The summed E-state index contributed by atoms with van der Waals surface area (Å²) < 4.78 is 0. The summed E-state index contributed by atoms with van der Waals surface area (Å²) in [5.74, 6) is 1.53. The van der Waals surface area contributed by atoms with Crippen LogP contribution in [0, 0.1) is 0 Å². The van der Waals surface area contributed by atoms with Gasteiger partial charge >= 0.3 is 0 Å². The van der Waals surface area contributed by atoms with E-state index in [1.54, 1.807) is 6.20 Å². The topological polar surface area (TPSA) is 94.1 Å². The number of rotatable bonds is 8. The molecule has 5 aromatic rings. The molecule has 3 heterocycles. The minimum atomic E-state index is 0.445. The third-order valence-electron chi connectivity index (χ3n) is 6.93. The zero-order valence-corrected chi connectivity index (χ0v) is 24.0. The van der Waals surface area contributed by atoms with E-state index in [1.807, 2.05) is 72.8 Å². The highest BCUT2D eigenvalue weighted by Gasteiger charge is 2.20. The monoisotopic (exact) mass is 585 g/mol. The maximum absolute atomic E-state index is 6.20. The van der Waals surface area contributed by atoms with Crippen LogP contribution in [0.2, 0.25) is 10.0 Å². The predicted octanol–water partition coefficient (Wildman–Crippen LogP) is 7.10. The summed E-state index contributed by atoms with van der Waals surface area (Å²) in [5, 5.41) is 12.4. The van der Waals surface area contributed by atoms with Crippen LogP contribution >= 0.6 is 23.2 Å². The number of pyridine rings is 1. The first kappa shape index (κ1) is 27.0. The van der Waals surface area contributed by atoms with Crippen LogP contribution in [-0.4, -0.2) is 57.6 Å². The molecular weight excluding hydrogens is 557 g/mol. The number of nitrogens with one attached hydrogen (secondary N) is 3. The molecule has 0 bridgehead atoms. The zero-order valence-electron chi connectivity index (χ0n) is 22.5. The molecule has 0 aliphatic carbocycles. The third-order valence-corrected chi connectivity index (χ3v) is 7.40. The van der Waals surface area contributed by atoms with Crippen LogP contribution in [-0.2, 0) is 0 Å². The number of hydrogen-bond acceptors (Lipinski definition) is 9. The summed E-state index contributed by atoms with van der Waals surface area (Å²) in [6.45, 7) is 6.86. The van der Waals surface area contributed by atoms with Crippen LogP contribution in [0.4, 0.5) is 40.6 Å². The molecule has 2 aromatic heterocycles. The molecule has 0 spiro atoms. The quantitative estimate of drug-likeness (QED) is 0.176. The normalized spacial score (nSPS) is 13.8. The van der Waals surface area contributed by atoms with Crippen molar-refractivity contribution >= 4 is 74.7 Å². The highest BCUT2D eigenvalue weighted by Crippen LogP contribution is 2.28. The van der Waals surface area contributed by atoms with Gasteiger partial charge in [0, 0.05) is 70.6 Å². The molecule has 0 unspecified atom stereocenters. The lowest BCUT2D eigenvalue weighted by molar-refractivity contribution is 0.270. The number of likely N-dealkylation sites (N-methyl/N-ethyl adjacent to an activating group) is 1. The summed E-state index contributed by atoms with van der Waals surface area (Å²) in [7, 11) is 0. The van der Waals surface area contributed by atoms with E-state index in [4.69, 9.17) is 33.2 Å². The van der Waals surface area contributed by atoms with E-state index in [1.165, 1.54) is 0 Å². The van der Waals surface area contributed by atoms with Gasteiger partial charge in [-0.3, -0.25) is 4.98 Å². The van der Waals surface area contributed by atoms with E-state index in [9.17, 15) is 0 Å². The van der Waals surface area contributed by atoms with Gasteiger partial charge in [0.1, 0.15) is 0 Å². The summed E-state index contributed by atoms with van der Waals surface area (Å²) in [6.07, 6.45) is 1.77. The average Bonchev–Trinajstić information content (AvgIpc) is 2.98. The Balaban J connectivity index is 1.22. The highest BCUT2D eigenvalue weighted by atomic mass is 35.5. The van der Waals surface area contributed by atoms with Crippen molar-refractivity contribution in [2.45, 2.75) is 6.92 Å². The largest absolute Gasteiger partial charge is 0.355 e. The summed E-state index contributed by atoms with van der Waals surface area (Å²) in [5.41, 5.74) is 4.38. The molecule has 0 saturated carbocycles. The standard InChI is InChI=1S/C30H29Cl2N9/c1-2-40-14-16-41(17-15-40)30-38-28(37-29(39-30)36-24-5-3-4-20(31)18-24)35-23-9-7-22(8-10-23)34-26-12-13-33-27-19-21(32)6-11-25(26)27/h3-13,18-19H,2,14-17H2,1H3,(H,33,34)(H2,35,36,37,38,39). The van der Waals surface area contributed by atoms with Crippen molar-refractivity contribution < 1.29 is 0 Å². The molecule has 1 aliphatic heterocycles. The molecule has 1 saturated heterocycles. The molecule has 3 N–H and O–H groups in total. The second-order valence-corrected chi connectivity index (χ2v) is 10.6. The first-order valence-corrected chi connectivity index (χ1v) is 14.2. The van der Waals surface area contributed by atoms with E-state index < -0.39 is 0 Å². The smallest absolute Gasteiger partial charge is 0.233 e. The van der Waals surface area contributed by atoms with Gasteiger partial charge in [0.05, 0.1) is 5.52 Å². The molecule has 0 amide bonds. The Morgan fingerprint density at radius 3 is 2.10 bits per heavy atom. The van der Waals surface area contributed by atoms with Gasteiger partial charge < -0.3 is 25.8 Å². The van der Waals surface area contributed by atoms with Crippen molar-refractivity contribution in [3.8, 4) is 0 Å². The highest BCUT2D eigenvalue weighted by molar-refractivity contribution is 6.31. The molecule has 0 radical (unpaired) electrons. The number of fused-ring (bicyclic) bond motifs is 1. The second kappa shape index (κ2) is 12.1. The fourth-order valence-electron chi connectivity index (χ4n) is 4.73. The van der Waals surface area contributed by atoms with Gasteiger partial charge in [-0.1, -0.05) is 36.2 Å². The lowest BCUT2D eigenvalue weighted by Gasteiger charge is -2.34. The Kier molecular flexibility index (Phi) is 8.00. The Morgan fingerprint density at radius 1 is 0.707 bits per heavy atom. The predicted molar refractivity (Wildman–Crippen MR) is 169 cm³/mol. The van der Waals surface area contributed by atoms with Crippen LogP contribution in [0.25, 0.3) is 10.9 Å². The number of aromatic nitrogens is 4. The lowest BCUT2D eigenvalue weighted by atomic mass is 10.2. The molecular formula is C30H29Cl2N9. The molecule has 11 heteroatoms. The number of hydrogen-bond donors (Lipinski definition) is 3. The van der Waals surface area contributed by atoms with Crippen LogP contribution in [0.1, 0.15) is 6.92 Å². The van der Waals surface area contributed by atoms with Crippen molar-refractivity contribution in [3.63, 3.8) is 0 Å². The molecule has 9 nitrogen and oxygen atoms in total. The van der Waals surface area contributed by atoms with Gasteiger partial charge in [-0.25, -0.2) is 0 Å². The maximum atomic E-state index is 6.20. The number of halogens is 2. The molecule has 41 heavy (non-hydrogen) atoms. The zero-order chi connectivity index (χ0) is 28.2. The molecule has 1 fully saturated rings. The minimum absolute atomic E-state index is 0.445. The number of anilines is 7. The van der Waals surface area contributed by atoms with E-state index in [-0.39, 0.29) is 0 Å². The van der Waals surface area contributed by atoms with E-state index >= 15 is 0 Å². The van der Waals surface area contributed by atoms with Crippen LogP contribution in [0.3, 0.4) is 0 Å². The molecule has 6 rings (SSSR count). The molecule has 0 atom stereocenters. The van der Waals surface area contributed by atoms with Gasteiger partial charge in [-0.05, 0) is 73.3 Å². The second-order valence-electron chi connectivity index (χ2n) is 9.69. The van der Waals surface area contributed by atoms with E-state index in [2.05, 4.69) is 42.6 Å². The fraction of sp³-hybridized carbons (Fsp3) is 0.200. The van der Waals surface area contributed by atoms with Gasteiger partial charge in [0.15, 0.2) is 0 Å². The number of nitrogens with zero attached hydrogens (tertiary/aromatic N) is 6. The minimum Gasteiger partial charge on any atom is -0.355 e. The van der Waals surface area contributed by atoms with Gasteiger partial charge in [0.25, 0.3) is 0 Å². The average molecular weight is 587 g/mol. The SMILES string of the molecule is CCN1CCN(c2nc(Nc3ccc(Nc4ccnc5cc(Cl)ccc45)cc3)nc(Nc3cccc(Cl)c3)n2)CC1. The van der Waals surface area contributed by atoms with E-state index in [0.717, 1.165) is 66.4 Å². The van der Waals surface area contributed by atoms with Crippen LogP contribution < -0.4 is 20.9 Å². The number of piperazine rings is 1. The Hall–Kier alpha value is -4.18. The van der Waals surface area contributed by atoms with Crippen LogP contribution in [0.15, 0.2) is 79.0 Å². The van der Waals surface area contributed by atoms with Gasteiger partial charge in [-0.2, -0.15) is 15.0 Å². The first-order valence-electron chi connectivity index (χ1n) is 13.5. The van der Waals surface area contributed by atoms with Crippen molar-refractivity contribution in [3.05, 3.63) is 89.0 Å². The van der Waals surface area contributed by atoms with Crippen molar-refractivity contribution in [1.29, 1.82) is 0 Å². The number of benzene rings is 3. The van der Waals surface area contributed by atoms with Crippen molar-refractivity contribution in [2.75, 3.05) is 53.6 Å². The van der Waals surface area contributed by atoms with Gasteiger partial charge in [0.2, 0.25) is 17.8 Å². The fourth-order valence-corrected chi connectivity index (χ4v) is 5.09. The lowest BCUT2D eigenvalue weighted by Crippen LogP contribution is -2.46. The summed E-state index contributed by atoms with van der Waals surface area (Å²) >= 11 is 12.3. The Labute approximate surface area is 248 Å². The van der Waals surface area contributed by atoms with E-state index in [0.29, 0.717) is 27.9 Å². The van der Waals surface area contributed by atoms with Crippen molar-refractivity contribution in [2.24, 2.45) is 0 Å². The van der Waals surface area contributed by atoms with Crippen LogP contribution in [0.5, 0.6) is 0 Å². The summed E-state index contributed by atoms with van der Waals surface area (Å²) in [6, 6.07) is 23.1. The van der Waals surface area contributed by atoms with Crippen molar-refractivity contribution in [1.82, 2.24) is 24.8 Å². The molecule has 208 valence electrons. The van der Waals surface area contributed by atoms with Gasteiger partial charge in [-0.15, -0.1) is 0 Å². The first-order chi connectivity index (χ1) is 20.0.